The maximum absolute atomic E-state index is 12.9. The molecule has 0 saturated heterocycles. The standard InChI is InChI=1S/C24H21N3O5/c1-16(22(28)25-14-18-10-7-13-31-18)32-24(30)21-19-11-5-6-12-20(19)23(29)27(26-21)15-17-8-3-2-4-9-17/h2-13,16H,14-15H2,1H3,(H,25,28). The van der Waals surface area contributed by atoms with Crippen molar-refractivity contribution >= 4 is 22.6 Å². The zero-order valence-corrected chi connectivity index (χ0v) is 17.4. The molecule has 162 valence electrons. The van der Waals surface area contributed by atoms with E-state index >= 15 is 0 Å². The molecule has 8 heteroatoms. The van der Waals surface area contributed by atoms with E-state index in [4.69, 9.17) is 9.15 Å². The van der Waals surface area contributed by atoms with Gasteiger partial charge in [0.2, 0.25) is 0 Å². The molecule has 0 aliphatic rings. The van der Waals surface area contributed by atoms with E-state index in [0.717, 1.165) is 5.56 Å². The van der Waals surface area contributed by atoms with E-state index in [2.05, 4.69) is 10.4 Å². The van der Waals surface area contributed by atoms with Gasteiger partial charge in [-0.3, -0.25) is 9.59 Å². The number of carbonyl (C=O) groups is 2. The third kappa shape index (κ3) is 4.59. The Morgan fingerprint density at radius 1 is 1.03 bits per heavy atom. The van der Waals surface area contributed by atoms with Gasteiger partial charge in [0.05, 0.1) is 24.7 Å². The molecule has 2 aromatic carbocycles. The van der Waals surface area contributed by atoms with Crippen molar-refractivity contribution in [3.8, 4) is 0 Å². The summed E-state index contributed by atoms with van der Waals surface area (Å²) >= 11 is 0. The molecule has 2 aromatic heterocycles. The van der Waals surface area contributed by atoms with Crippen LogP contribution in [0.15, 0.2) is 82.2 Å². The van der Waals surface area contributed by atoms with Crippen molar-refractivity contribution in [2.24, 2.45) is 0 Å². The second-order valence-electron chi connectivity index (χ2n) is 7.19. The number of carbonyl (C=O) groups excluding carboxylic acids is 2. The van der Waals surface area contributed by atoms with Crippen LogP contribution >= 0.6 is 0 Å². The Morgan fingerprint density at radius 2 is 1.75 bits per heavy atom. The maximum Gasteiger partial charge on any atom is 0.360 e. The highest BCUT2D eigenvalue weighted by Crippen LogP contribution is 2.16. The van der Waals surface area contributed by atoms with Gasteiger partial charge in [-0.05, 0) is 30.7 Å². The molecule has 0 radical (unpaired) electrons. The van der Waals surface area contributed by atoms with Crippen molar-refractivity contribution in [3.63, 3.8) is 0 Å². The van der Waals surface area contributed by atoms with Crippen LogP contribution in [0.5, 0.6) is 0 Å². The molecule has 1 atom stereocenters. The fourth-order valence-electron chi connectivity index (χ4n) is 3.25. The Labute approximate surface area is 183 Å². The third-order valence-electron chi connectivity index (χ3n) is 4.91. The summed E-state index contributed by atoms with van der Waals surface area (Å²) < 4.78 is 11.8. The van der Waals surface area contributed by atoms with Crippen molar-refractivity contribution in [2.45, 2.75) is 26.1 Å². The van der Waals surface area contributed by atoms with Gasteiger partial charge in [0.15, 0.2) is 11.8 Å². The van der Waals surface area contributed by atoms with E-state index in [1.165, 1.54) is 17.9 Å². The van der Waals surface area contributed by atoms with Crippen molar-refractivity contribution in [1.82, 2.24) is 15.1 Å². The van der Waals surface area contributed by atoms with Crippen LogP contribution in [0.25, 0.3) is 10.8 Å². The number of hydrogen-bond acceptors (Lipinski definition) is 6. The summed E-state index contributed by atoms with van der Waals surface area (Å²) in [4.78, 5) is 38.2. The zero-order valence-electron chi connectivity index (χ0n) is 17.4. The van der Waals surface area contributed by atoms with Crippen LogP contribution in [-0.2, 0) is 22.6 Å². The number of furan rings is 1. The molecule has 8 nitrogen and oxygen atoms in total. The van der Waals surface area contributed by atoms with Gasteiger partial charge in [-0.1, -0.05) is 48.5 Å². The molecular formula is C24H21N3O5. The normalized spacial score (nSPS) is 11.8. The predicted octanol–water partition coefficient (Wildman–Crippen LogP) is 2.90. The van der Waals surface area contributed by atoms with Crippen LogP contribution in [0.2, 0.25) is 0 Å². The third-order valence-corrected chi connectivity index (χ3v) is 4.91. The summed E-state index contributed by atoms with van der Waals surface area (Å²) in [6.07, 6.45) is 0.444. The first-order chi connectivity index (χ1) is 15.5. The van der Waals surface area contributed by atoms with Gasteiger partial charge in [0, 0.05) is 5.39 Å². The SMILES string of the molecule is CC(OC(=O)c1nn(Cc2ccccc2)c(=O)c2ccccc12)C(=O)NCc1ccco1. The Hall–Kier alpha value is -4.20. The minimum absolute atomic E-state index is 0.0261. The first-order valence-electron chi connectivity index (χ1n) is 10.1. The van der Waals surface area contributed by atoms with E-state index in [9.17, 15) is 14.4 Å². The quantitative estimate of drug-likeness (QED) is 0.451. The molecule has 0 aliphatic carbocycles. The number of rotatable bonds is 7. The van der Waals surface area contributed by atoms with Crippen LogP contribution in [0.4, 0.5) is 0 Å². The molecule has 1 unspecified atom stereocenters. The summed E-state index contributed by atoms with van der Waals surface area (Å²) in [7, 11) is 0. The van der Waals surface area contributed by atoms with Crippen LogP contribution in [0, 0.1) is 0 Å². The van der Waals surface area contributed by atoms with Gasteiger partial charge in [-0.15, -0.1) is 0 Å². The number of hydrogen-bond donors (Lipinski definition) is 1. The van der Waals surface area contributed by atoms with Crippen LogP contribution < -0.4 is 10.9 Å². The largest absolute Gasteiger partial charge is 0.467 e. The number of amides is 1. The molecule has 2 heterocycles. The topological polar surface area (TPSA) is 103 Å². The zero-order chi connectivity index (χ0) is 22.5. The van der Waals surface area contributed by atoms with Crippen molar-refractivity contribution in [2.75, 3.05) is 0 Å². The Kier molecular flexibility index (Phi) is 6.12. The summed E-state index contributed by atoms with van der Waals surface area (Å²) in [5.41, 5.74) is 0.523. The molecule has 32 heavy (non-hydrogen) atoms. The lowest BCUT2D eigenvalue weighted by atomic mass is 10.1. The molecule has 0 saturated carbocycles. The fraction of sp³-hybridized carbons (Fsp3) is 0.167. The summed E-state index contributed by atoms with van der Waals surface area (Å²) in [6.45, 7) is 1.85. The van der Waals surface area contributed by atoms with E-state index in [-0.39, 0.29) is 24.3 Å². The number of ether oxygens (including phenoxy) is 1. The highest BCUT2D eigenvalue weighted by molar-refractivity contribution is 6.02. The van der Waals surface area contributed by atoms with Crippen LogP contribution in [0.3, 0.4) is 0 Å². The molecule has 0 aliphatic heterocycles. The monoisotopic (exact) mass is 431 g/mol. The lowest BCUT2D eigenvalue weighted by Crippen LogP contribution is -2.36. The van der Waals surface area contributed by atoms with Crippen molar-refractivity contribution in [1.29, 1.82) is 0 Å². The fourth-order valence-corrected chi connectivity index (χ4v) is 3.25. The highest BCUT2D eigenvalue weighted by atomic mass is 16.5. The second kappa shape index (κ2) is 9.30. The molecule has 0 bridgehead atoms. The van der Waals surface area contributed by atoms with E-state index < -0.39 is 18.0 Å². The average molecular weight is 431 g/mol. The molecule has 4 rings (SSSR count). The van der Waals surface area contributed by atoms with Gasteiger partial charge in [0.1, 0.15) is 5.76 Å². The van der Waals surface area contributed by atoms with E-state index in [1.807, 2.05) is 30.3 Å². The number of nitrogens with zero attached hydrogens (tertiary/aromatic N) is 2. The lowest BCUT2D eigenvalue weighted by Gasteiger charge is -2.15. The van der Waals surface area contributed by atoms with Crippen molar-refractivity contribution < 1.29 is 18.7 Å². The van der Waals surface area contributed by atoms with Crippen molar-refractivity contribution in [3.05, 3.63) is 100 Å². The van der Waals surface area contributed by atoms with Gasteiger partial charge >= 0.3 is 5.97 Å². The molecule has 1 N–H and O–H groups in total. The Morgan fingerprint density at radius 3 is 2.47 bits per heavy atom. The summed E-state index contributed by atoms with van der Waals surface area (Å²) in [5.74, 6) is -0.683. The molecule has 1 amide bonds. The van der Waals surface area contributed by atoms with Crippen LogP contribution in [0.1, 0.15) is 28.7 Å². The van der Waals surface area contributed by atoms with Crippen LogP contribution in [-0.4, -0.2) is 27.8 Å². The predicted molar refractivity (Wildman–Crippen MR) is 117 cm³/mol. The number of fused-ring (bicyclic) bond motifs is 1. The molecule has 0 spiro atoms. The summed E-state index contributed by atoms with van der Waals surface area (Å²) in [5, 5.41) is 7.64. The number of aromatic nitrogens is 2. The maximum atomic E-state index is 12.9. The minimum atomic E-state index is -1.06. The molecule has 0 fully saturated rings. The minimum Gasteiger partial charge on any atom is -0.467 e. The van der Waals surface area contributed by atoms with Gasteiger partial charge < -0.3 is 14.5 Å². The average Bonchev–Trinajstić information content (AvgIpc) is 3.33. The highest BCUT2D eigenvalue weighted by Gasteiger charge is 2.23. The first-order valence-corrected chi connectivity index (χ1v) is 10.1. The number of esters is 1. The number of benzene rings is 2. The van der Waals surface area contributed by atoms with Gasteiger partial charge in [-0.2, -0.15) is 5.10 Å². The first kappa shape index (κ1) is 21.0. The lowest BCUT2D eigenvalue weighted by molar-refractivity contribution is -0.129. The van der Waals surface area contributed by atoms with E-state index in [0.29, 0.717) is 16.5 Å². The summed E-state index contributed by atoms with van der Waals surface area (Å²) in [6, 6.07) is 19.5. The van der Waals surface area contributed by atoms with Gasteiger partial charge in [0.25, 0.3) is 11.5 Å². The van der Waals surface area contributed by atoms with E-state index in [1.54, 1.807) is 36.4 Å². The Balaban J connectivity index is 1.58. The van der Waals surface area contributed by atoms with Gasteiger partial charge in [-0.25, -0.2) is 9.48 Å². The molecular weight excluding hydrogens is 410 g/mol. The smallest absolute Gasteiger partial charge is 0.360 e. The number of nitrogens with one attached hydrogen (secondary N) is 1. The molecule has 4 aromatic rings. The Bertz CT molecular complexity index is 1300. The second-order valence-corrected chi connectivity index (χ2v) is 7.19.